The van der Waals surface area contributed by atoms with Crippen molar-refractivity contribution in [3.05, 3.63) is 135 Å². The van der Waals surface area contributed by atoms with Crippen molar-refractivity contribution in [2.24, 2.45) is 17.2 Å². The van der Waals surface area contributed by atoms with Crippen LogP contribution >= 0.6 is 44.8 Å². The average molecular weight is 1170 g/mol. The van der Waals surface area contributed by atoms with Crippen LogP contribution in [0.2, 0.25) is 10.0 Å². The molecule has 21 nitrogen and oxygen atoms in total. The molecule has 432 valence electrons. The van der Waals surface area contributed by atoms with E-state index in [9.17, 15) is 48.3 Å². The van der Waals surface area contributed by atoms with Gasteiger partial charge in [-0.05, 0) is 125 Å². The summed E-state index contributed by atoms with van der Waals surface area (Å²) in [5.74, 6) is -3.76. The van der Waals surface area contributed by atoms with E-state index in [1.54, 1.807) is 74.6 Å². The Balaban J connectivity index is 0.000000809. The van der Waals surface area contributed by atoms with Crippen LogP contribution in [0, 0.1) is 6.92 Å². The molecule has 4 atom stereocenters. The van der Waals surface area contributed by atoms with Gasteiger partial charge in [0.25, 0.3) is 0 Å². The number of phenols is 1. The molecule has 4 aromatic carbocycles. The molecule has 4 rings (SSSR count). The predicted molar refractivity (Wildman–Crippen MR) is 311 cm³/mol. The summed E-state index contributed by atoms with van der Waals surface area (Å²) in [6.45, 7) is 3.74. The normalized spacial score (nSPS) is 11.7. The molecule has 4 unspecified atom stereocenters. The maximum atomic E-state index is 13.5. The van der Waals surface area contributed by atoms with Gasteiger partial charge in [0.05, 0.1) is 19.6 Å². The van der Waals surface area contributed by atoms with Gasteiger partial charge in [0.15, 0.2) is 0 Å². The number of aldehydes is 1. The molecule has 0 heterocycles. The van der Waals surface area contributed by atoms with Crippen LogP contribution in [0.4, 0.5) is 0 Å². The number of benzene rings is 4. The van der Waals surface area contributed by atoms with E-state index < -0.39 is 60.2 Å². The summed E-state index contributed by atoms with van der Waals surface area (Å²) in [6.07, 6.45) is 4.75. The smallest absolute Gasteiger partial charge is 0.248 e. The Kier molecular flexibility index (Phi) is 36.8. The maximum Gasteiger partial charge on any atom is 0.248 e. The molecule has 0 aromatic heterocycles. The zero-order chi connectivity index (χ0) is 59.1. The van der Waals surface area contributed by atoms with E-state index in [4.69, 9.17) is 45.5 Å². The third-order valence-electron chi connectivity index (χ3n) is 10.7. The quantitative estimate of drug-likeness (QED) is 0.0211. The number of carbonyl (C=O) groups excluding carboxylic acids is 9. The van der Waals surface area contributed by atoms with Crippen LogP contribution < -0.4 is 54.4 Å². The number of aryl methyl sites for hydroxylation is 2. The number of nitrogens with two attached hydrogens (primary N) is 3. The second kappa shape index (κ2) is 41.3. The fraction of sp³-hybridized carbons (Fsp3) is 0.389. The van der Waals surface area contributed by atoms with Gasteiger partial charge in [0, 0.05) is 47.2 Å². The number of unbranched alkanes of at least 4 members (excludes halogenated alkanes) is 1. The Bertz CT molecular complexity index is 2500. The monoisotopic (exact) mass is 1170 g/mol. The molecule has 0 aliphatic carbocycles. The number of halogens is 2. The Hall–Kier alpha value is -6.73. The first-order valence-electron chi connectivity index (χ1n) is 24.9. The number of aromatic hydroxyl groups is 1. The lowest BCUT2D eigenvalue weighted by molar-refractivity contribution is -0.132. The number of hydrogen-bond donors (Lipinski definition) is 12. The molecule has 0 spiro atoms. The van der Waals surface area contributed by atoms with Gasteiger partial charge in [-0.3, -0.25) is 38.4 Å². The zero-order valence-electron chi connectivity index (χ0n) is 44.7. The van der Waals surface area contributed by atoms with Gasteiger partial charge < -0.3 is 69.4 Å². The maximum absolute atomic E-state index is 13.5. The molecule has 0 aliphatic heterocycles. The topological polar surface area (TPSA) is 356 Å². The molecule has 79 heavy (non-hydrogen) atoms. The fourth-order valence-corrected chi connectivity index (χ4v) is 8.18. The zero-order valence-corrected chi connectivity index (χ0v) is 47.8. The fourth-order valence-electron chi connectivity index (χ4n) is 6.61. The van der Waals surface area contributed by atoms with Crippen molar-refractivity contribution >= 4 is 98.3 Å². The largest absolute Gasteiger partial charge is 0.508 e. The van der Waals surface area contributed by atoms with Crippen molar-refractivity contribution in [3.8, 4) is 5.75 Å². The minimum atomic E-state index is -1.15. The molecular formula is C54H74Cl2N10O11S2. The lowest BCUT2D eigenvalue weighted by Crippen LogP contribution is -2.56. The summed E-state index contributed by atoms with van der Waals surface area (Å²) >= 11 is 11.7. The molecule has 0 saturated carbocycles. The molecule has 0 fully saturated rings. The second-order valence-corrected chi connectivity index (χ2v) is 20.6. The highest BCUT2D eigenvalue weighted by Gasteiger charge is 2.28. The molecular weight excluding hydrogens is 1100 g/mol. The number of primary amides is 2. The van der Waals surface area contributed by atoms with E-state index >= 15 is 0 Å². The summed E-state index contributed by atoms with van der Waals surface area (Å²) in [5.41, 5.74) is 19.9. The summed E-state index contributed by atoms with van der Waals surface area (Å²) in [6, 6.07) is 23.6. The van der Waals surface area contributed by atoms with Crippen LogP contribution in [0.5, 0.6) is 5.75 Å². The molecule has 15 N–H and O–H groups in total. The number of phenolic OH excluding ortho intramolecular Hbond substituents is 1. The van der Waals surface area contributed by atoms with E-state index in [2.05, 4.69) is 37.2 Å². The van der Waals surface area contributed by atoms with Crippen molar-refractivity contribution in [1.29, 1.82) is 0 Å². The summed E-state index contributed by atoms with van der Waals surface area (Å²) in [7, 11) is 4.43. The average Bonchev–Trinajstić information content (AvgIpc) is 3.41. The van der Waals surface area contributed by atoms with E-state index in [1.165, 1.54) is 33.7 Å². The standard InChI is InChI=1S/C32H43ClN6O7S2.C12H16ClN3O2.C8H9NO.C2H6O/c1-47-48-20-27(38-28(42)14-9-21-5-10-23(33)11-6-21)32(46)39-26(18-22-7-12-24(41)13-8-22)31(45)36-19-29(43)37-25(4-2-3-15-34)30(44)35-16-17-40;1-15-7-11(17)16-10(12(14)18)6-8-2-4-9(13)5-3-8;1-6-2-4-7(5-3-6)8(9)10;1-2-3/h5-8,10-13,17,25-27,41H,2-4,9,14-16,18-20,34H2,1H3,(H,35,44)(H,36,45)(H,37,43)(H,38,42)(H,39,46);2-5,10,15H,6-7H2,1H3,(H2,14,18)(H,16,17);2-5H,1H3,(H2,9,10);3H,2H2,1H3. The van der Waals surface area contributed by atoms with E-state index in [1.807, 2.05) is 37.4 Å². The molecule has 0 bridgehead atoms. The lowest BCUT2D eigenvalue weighted by Gasteiger charge is -2.23. The van der Waals surface area contributed by atoms with Gasteiger partial charge in [-0.2, -0.15) is 0 Å². The van der Waals surface area contributed by atoms with E-state index in [-0.39, 0.29) is 68.2 Å². The van der Waals surface area contributed by atoms with Crippen LogP contribution in [0.1, 0.15) is 65.2 Å². The molecule has 0 saturated heterocycles. The predicted octanol–water partition coefficient (Wildman–Crippen LogP) is 2.41. The molecule has 8 amide bonds. The number of aliphatic hydroxyl groups is 1. The number of amides is 8. The Morgan fingerprint density at radius 1 is 0.646 bits per heavy atom. The molecule has 0 aliphatic rings. The summed E-state index contributed by atoms with van der Waals surface area (Å²) < 4.78 is 0. The Morgan fingerprint density at radius 3 is 1.67 bits per heavy atom. The minimum Gasteiger partial charge on any atom is -0.508 e. The molecule has 25 heteroatoms. The number of carbonyl (C=O) groups is 9. The van der Waals surface area contributed by atoms with Crippen LogP contribution in [-0.4, -0.2) is 140 Å². The number of likely N-dealkylation sites (N-methyl/N-ethyl adjacent to an activating group) is 1. The van der Waals surface area contributed by atoms with Gasteiger partial charge in [0.1, 0.15) is 36.2 Å². The van der Waals surface area contributed by atoms with Crippen molar-refractivity contribution < 1.29 is 53.4 Å². The SMILES string of the molecule is CCO.CNCC(=O)NC(Cc1ccc(Cl)cc1)C(N)=O.CSSCC(NC(=O)CCc1ccc(Cl)cc1)C(=O)NC(Cc1ccc(O)cc1)C(=O)NCC(=O)NC(CCCCN)C(=O)NCC=O.Cc1ccc(C(N)=O)cc1. The van der Waals surface area contributed by atoms with E-state index in [0.29, 0.717) is 59.7 Å². The van der Waals surface area contributed by atoms with Gasteiger partial charge >= 0.3 is 0 Å². The van der Waals surface area contributed by atoms with Crippen molar-refractivity contribution in [2.45, 2.75) is 83.0 Å². The summed E-state index contributed by atoms with van der Waals surface area (Å²) in [4.78, 5) is 109. The Labute approximate surface area is 479 Å². The first kappa shape index (κ1) is 70.3. The van der Waals surface area contributed by atoms with Crippen molar-refractivity contribution in [2.75, 3.05) is 51.8 Å². The first-order chi connectivity index (χ1) is 37.7. The van der Waals surface area contributed by atoms with Gasteiger partial charge in [-0.1, -0.05) is 98.9 Å². The third-order valence-corrected chi connectivity index (χ3v) is 13.0. The van der Waals surface area contributed by atoms with Crippen LogP contribution in [0.25, 0.3) is 0 Å². The number of aliphatic hydroxyl groups excluding tert-OH is 1. The minimum absolute atomic E-state index is 0.0161. The van der Waals surface area contributed by atoms with Crippen LogP contribution in [-0.2, 0) is 57.6 Å². The van der Waals surface area contributed by atoms with Crippen LogP contribution in [0.3, 0.4) is 0 Å². The van der Waals surface area contributed by atoms with Crippen LogP contribution in [0.15, 0.2) is 97.1 Å². The molecule has 4 aromatic rings. The van der Waals surface area contributed by atoms with Crippen molar-refractivity contribution in [1.82, 2.24) is 37.2 Å². The van der Waals surface area contributed by atoms with Gasteiger partial charge in [0.2, 0.25) is 47.3 Å². The lowest BCUT2D eigenvalue weighted by atomic mass is 10.0. The highest BCUT2D eigenvalue weighted by atomic mass is 35.5. The highest BCUT2D eigenvalue weighted by molar-refractivity contribution is 8.76. The van der Waals surface area contributed by atoms with Gasteiger partial charge in [-0.15, -0.1) is 0 Å². The Morgan fingerprint density at radius 2 is 1.15 bits per heavy atom. The first-order valence-corrected chi connectivity index (χ1v) is 28.4. The van der Waals surface area contributed by atoms with Gasteiger partial charge in [-0.25, -0.2) is 0 Å². The van der Waals surface area contributed by atoms with Crippen molar-refractivity contribution in [3.63, 3.8) is 0 Å². The highest BCUT2D eigenvalue weighted by Crippen LogP contribution is 2.19. The number of rotatable bonds is 29. The second-order valence-electron chi connectivity index (χ2n) is 17.1. The molecule has 0 radical (unpaired) electrons. The number of nitrogens with one attached hydrogen (secondary N) is 7. The van der Waals surface area contributed by atoms with E-state index in [0.717, 1.165) is 16.7 Å². The summed E-state index contributed by atoms with van der Waals surface area (Å²) in [5, 5.41) is 36.7. The number of hydrogen-bond acceptors (Lipinski definition) is 15. The third kappa shape index (κ3) is 32.1.